The molecule has 0 bridgehead atoms. The zero-order valence-corrected chi connectivity index (χ0v) is 3.79. The molecule has 0 aromatic rings. The summed E-state index contributed by atoms with van der Waals surface area (Å²) in [7, 11) is 0. The third-order valence-electron chi connectivity index (χ3n) is 0.356. The van der Waals surface area contributed by atoms with Crippen LogP contribution in [0.4, 0.5) is 13.2 Å². The van der Waals surface area contributed by atoms with Crippen molar-refractivity contribution in [3.8, 4) is 0 Å². The van der Waals surface area contributed by atoms with E-state index in [0.29, 0.717) is 0 Å². The Hall–Kier alpha value is -0.470. The molecular weight excluding hydrogens is 104 g/mol. The summed E-state index contributed by atoms with van der Waals surface area (Å²) in [6.45, 7) is 1.33. The number of hydrogen-bond acceptors (Lipinski definition) is 0. The van der Waals surface area contributed by atoms with Crippen molar-refractivity contribution in [3.05, 3.63) is 12.2 Å². The number of halogens is 3. The smallest absolute Gasteiger partial charge is 0.167 e. The molecule has 7 heavy (non-hydrogen) atoms. The van der Waals surface area contributed by atoms with Gasteiger partial charge >= 0.3 is 6.18 Å². The Labute approximate surface area is 39.6 Å². The van der Waals surface area contributed by atoms with Crippen LogP contribution in [0.3, 0.4) is 0 Å². The maximum absolute atomic E-state index is 11.0. The number of hydrogen-bond donors (Lipinski definition) is 0. The van der Waals surface area contributed by atoms with Crippen molar-refractivity contribution in [3.63, 3.8) is 0 Å². The molecule has 0 aromatic carbocycles. The zero-order chi connectivity index (χ0) is 5.91. The first-order valence-electron chi connectivity index (χ1n) is 1.77. The van der Waals surface area contributed by atoms with Crippen LogP contribution in [0.1, 0.15) is 6.92 Å². The maximum Gasteiger partial charge on any atom is 0.409 e. The molecule has 0 heterocycles. The van der Waals surface area contributed by atoms with E-state index in [1.165, 1.54) is 6.92 Å². The highest BCUT2D eigenvalue weighted by atomic mass is 19.4. The van der Waals surface area contributed by atoms with Crippen LogP contribution in [-0.4, -0.2) is 6.18 Å². The van der Waals surface area contributed by atoms with E-state index in [1.807, 2.05) is 0 Å². The van der Waals surface area contributed by atoms with Crippen LogP contribution in [0.5, 0.6) is 0 Å². The van der Waals surface area contributed by atoms with Gasteiger partial charge in [0.2, 0.25) is 0 Å². The van der Waals surface area contributed by atoms with Gasteiger partial charge in [0.15, 0.2) is 0 Å². The van der Waals surface area contributed by atoms with Crippen LogP contribution in [0, 0.1) is 0 Å². The second-order valence-corrected chi connectivity index (χ2v) is 1.04. The molecule has 0 saturated carbocycles. The Balaban J connectivity index is 3.56. The molecule has 0 spiro atoms. The Morgan fingerprint density at radius 3 is 1.71 bits per heavy atom. The number of allylic oxidation sites excluding steroid dienone is 2. The van der Waals surface area contributed by atoms with Crippen molar-refractivity contribution < 1.29 is 13.2 Å². The van der Waals surface area contributed by atoms with Crippen LogP contribution >= 0.6 is 0 Å². The molecule has 0 aliphatic carbocycles. The minimum atomic E-state index is -4.13. The Morgan fingerprint density at radius 2 is 1.71 bits per heavy atom. The molecule has 0 saturated heterocycles. The third kappa shape index (κ3) is 5.53. The molecule has 0 aliphatic rings. The summed E-state index contributed by atoms with van der Waals surface area (Å²) in [5, 5.41) is 0. The molecule has 0 nitrogen and oxygen atoms in total. The van der Waals surface area contributed by atoms with Crippen LogP contribution in [0.2, 0.25) is 0 Å². The van der Waals surface area contributed by atoms with E-state index in [9.17, 15) is 13.2 Å². The van der Waals surface area contributed by atoms with E-state index in [1.54, 1.807) is 0 Å². The van der Waals surface area contributed by atoms with Crippen molar-refractivity contribution in [2.45, 2.75) is 13.1 Å². The highest BCUT2D eigenvalue weighted by Crippen LogP contribution is 2.15. The van der Waals surface area contributed by atoms with Gasteiger partial charge in [-0.15, -0.1) is 0 Å². The fourth-order valence-corrected chi connectivity index (χ4v) is 0.189. The van der Waals surface area contributed by atoms with Crippen LogP contribution in [-0.2, 0) is 0 Å². The molecule has 0 radical (unpaired) electrons. The van der Waals surface area contributed by atoms with Gasteiger partial charge in [-0.3, -0.25) is 0 Å². The van der Waals surface area contributed by atoms with E-state index in [0.717, 1.165) is 6.08 Å². The van der Waals surface area contributed by atoms with Gasteiger partial charge in [0.05, 0.1) is 0 Å². The normalized spacial score (nSPS) is 13.1. The Bertz CT molecular complexity index is 69.5. The fraction of sp³-hybridized carbons (Fsp3) is 0.500. The third-order valence-corrected chi connectivity index (χ3v) is 0.356. The van der Waals surface area contributed by atoms with E-state index >= 15 is 0 Å². The second-order valence-electron chi connectivity index (χ2n) is 1.04. The van der Waals surface area contributed by atoms with Gasteiger partial charge in [-0.1, -0.05) is 6.08 Å². The van der Waals surface area contributed by atoms with Crippen molar-refractivity contribution in [1.29, 1.82) is 0 Å². The molecule has 3 heteroatoms. The fourth-order valence-electron chi connectivity index (χ4n) is 0.189. The zero-order valence-electron chi connectivity index (χ0n) is 3.79. The molecule has 0 aromatic heterocycles. The largest absolute Gasteiger partial charge is 0.409 e. The summed E-state index contributed by atoms with van der Waals surface area (Å²) < 4.78 is 32.9. The van der Waals surface area contributed by atoms with Crippen LogP contribution in [0.15, 0.2) is 12.2 Å². The van der Waals surface area contributed by atoms with E-state index in [4.69, 9.17) is 0 Å². The number of alkyl halides is 3. The average molecular weight is 109 g/mol. The molecule has 0 unspecified atom stereocenters. The van der Waals surface area contributed by atoms with Gasteiger partial charge in [-0.25, -0.2) is 0 Å². The van der Waals surface area contributed by atoms with Crippen LogP contribution in [0.25, 0.3) is 0 Å². The van der Waals surface area contributed by atoms with Gasteiger partial charge in [0.25, 0.3) is 0 Å². The first-order chi connectivity index (χ1) is 3.06. The lowest BCUT2D eigenvalue weighted by Crippen LogP contribution is -1.99. The maximum atomic E-state index is 11.0. The lowest BCUT2D eigenvalue weighted by molar-refractivity contribution is -0.0799. The van der Waals surface area contributed by atoms with Gasteiger partial charge in [-0.2, -0.15) is 13.2 Å². The molecule has 0 aliphatic heterocycles. The van der Waals surface area contributed by atoms with Gasteiger partial charge < -0.3 is 0 Å². The lowest BCUT2D eigenvalue weighted by Gasteiger charge is -1.93. The first-order valence-corrected chi connectivity index (χ1v) is 1.77. The van der Waals surface area contributed by atoms with E-state index in [2.05, 4.69) is 0 Å². The quantitative estimate of drug-likeness (QED) is 0.418. The summed E-state index contributed by atoms with van der Waals surface area (Å²) in [6, 6.07) is 0. The minimum absolute atomic E-state index is 0.188. The van der Waals surface area contributed by atoms with Crippen molar-refractivity contribution >= 4 is 0 Å². The highest BCUT2D eigenvalue weighted by Gasteiger charge is 2.20. The van der Waals surface area contributed by atoms with Crippen molar-refractivity contribution in [2.75, 3.05) is 0 Å². The van der Waals surface area contributed by atoms with Crippen molar-refractivity contribution in [1.82, 2.24) is 0 Å². The van der Waals surface area contributed by atoms with Gasteiger partial charge in [0, 0.05) is 6.08 Å². The standard InChI is InChI=1S/C4H5F3/c1-2-3-4(5,6)7/h2-3H,1H3/b3-2+/i4-1. The Morgan fingerprint density at radius 1 is 1.29 bits per heavy atom. The second kappa shape index (κ2) is 2.00. The molecule has 0 amide bonds. The summed E-state index contributed by atoms with van der Waals surface area (Å²) in [6.07, 6.45) is -2.98. The van der Waals surface area contributed by atoms with Gasteiger partial charge in [-0.05, 0) is 6.92 Å². The predicted molar refractivity (Wildman–Crippen MR) is 20.9 cm³/mol. The first kappa shape index (κ1) is 6.53. The van der Waals surface area contributed by atoms with E-state index < -0.39 is 6.18 Å². The summed E-state index contributed by atoms with van der Waals surface area (Å²) in [4.78, 5) is 0. The number of rotatable bonds is 0. The molecule has 0 N–H and O–H groups in total. The summed E-state index contributed by atoms with van der Waals surface area (Å²) in [5.41, 5.74) is 0. The monoisotopic (exact) mass is 109 g/mol. The molecule has 0 atom stereocenters. The topological polar surface area (TPSA) is 0 Å². The Kier molecular flexibility index (Phi) is 1.87. The SMILES string of the molecule is C/C=C/[11C](F)(F)F. The van der Waals surface area contributed by atoms with Crippen LogP contribution < -0.4 is 0 Å². The van der Waals surface area contributed by atoms with Gasteiger partial charge in [0.1, 0.15) is 0 Å². The summed E-state index contributed by atoms with van der Waals surface area (Å²) >= 11 is 0. The molecule has 42 valence electrons. The van der Waals surface area contributed by atoms with Crippen molar-refractivity contribution in [2.24, 2.45) is 0 Å². The minimum Gasteiger partial charge on any atom is -0.167 e. The lowest BCUT2D eigenvalue weighted by atomic mass is 10.1. The highest BCUT2D eigenvalue weighted by molar-refractivity contribution is 4.84. The molecular formula is C4H5F3. The van der Waals surface area contributed by atoms with E-state index in [-0.39, 0.29) is 6.08 Å². The summed E-state index contributed by atoms with van der Waals surface area (Å²) in [5.74, 6) is 0. The average Bonchev–Trinajstić information content (AvgIpc) is 1.30. The molecule has 0 fully saturated rings. The predicted octanol–water partition coefficient (Wildman–Crippen LogP) is 2.12. The molecule has 0 rings (SSSR count).